The van der Waals surface area contributed by atoms with Crippen LogP contribution >= 0.6 is 11.8 Å². The van der Waals surface area contributed by atoms with Crippen molar-refractivity contribution in [3.8, 4) is 11.4 Å². The molecule has 1 amide bonds. The van der Waals surface area contributed by atoms with Gasteiger partial charge in [0.2, 0.25) is 5.91 Å². The Labute approximate surface area is 203 Å². The van der Waals surface area contributed by atoms with Crippen molar-refractivity contribution in [3.05, 3.63) is 65.7 Å². The maximum Gasteiger partial charge on any atom is 0.230 e. The Balaban J connectivity index is 1.46. The van der Waals surface area contributed by atoms with Crippen molar-refractivity contribution in [1.29, 1.82) is 0 Å². The van der Waals surface area contributed by atoms with Crippen LogP contribution in [0.3, 0.4) is 0 Å². The third-order valence-electron chi connectivity index (χ3n) is 6.04. The first-order valence-electron chi connectivity index (χ1n) is 11.5. The van der Waals surface area contributed by atoms with Gasteiger partial charge in [-0.15, -0.1) is 10.2 Å². The summed E-state index contributed by atoms with van der Waals surface area (Å²) in [5.41, 5.74) is 1.78. The van der Waals surface area contributed by atoms with Crippen molar-refractivity contribution in [2.24, 2.45) is 0 Å². The first-order chi connectivity index (χ1) is 16.5. The monoisotopic (exact) mass is 483 g/mol. The molecule has 1 unspecified atom stereocenters. The van der Waals surface area contributed by atoms with Gasteiger partial charge in [0.1, 0.15) is 11.6 Å². The number of piperidine rings is 1. The summed E-state index contributed by atoms with van der Waals surface area (Å²) in [6.07, 6.45) is 3.59. The van der Waals surface area contributed by atoms with Gasteiger partial charge in [-0.25, -0.2) is 4.39 Å². The zero-order valence-electron chi connectivity index (χ0n) is 19.5. The standard InChI is InChI=1S/C25H30FN5O2S/c1-18(30-14-4-3-5-15-30)24-28-29-25(31(24)21-10-8-20(26)9-11-21)34-17-23(32)27-16-19-6-12-22(33-2)13-7-19/h6-13,18H,3-5,14-17H2,1-2H3,(H,27,32). The van der Waals surface area contributed by atoms with Crippen LogP contribution in [0.15, 0.2) is 53.7 Å². The smallest absolute Gasteiger partial charge is 0.230 e. The number of nitrogens with zero attached hydrogens (tertiary/aromatic N) is 4. The highest BCUT2D eigenvalue weighted by Gasteiger charge is 2.25. The Morgan fingerprint density at radius 1 is 1.09 bits per heavy atom. The summed E-state index contributed by atoms with van der Waals surface area (Å²) in [6, 6.07) is 14.0. The van der Waals surface area contributed by atoms with Gasteiger partial charge in [-0.05, 0) is 74.8 Å². The molecule has 34 heavy (non-hydrogen) atoms. The predicted molar refractivity (Wildman–Crippen MR) is 131 cm³/mol. The summed E-state index contributed by atoms with van der Waals surface area (Å²) in [7, 11) is 1.62. The average molecular weight is 484 g/mol. The fraction of sp³-hybridized carbons (Fsp3) is 0.400. The minimum atomic E-state index is -0.297. The molecule has 3 aromatic rings. The second-order valence-electron chi connectivity index (χ2n) is 8.34. The zero-order chi connectivity index (χ0) is 23.9. The predicted octanol–water partition coefficient (Wildman–Crippen LogP) is 4.37. The lowest BCUT2D eigenvalue weighted by atomic mass is 10.1. The van der Waals surface area contributed by atoms with Gasteiger partial charge in [-0.2, -0.15) is 0 Å². The van der Waals surface area contributed by atoms with Crippen LogP contribution < -0.4 is 10.1 Å². The van der Waals surface area contributed by atoms with Crippen molar-refractivity contribution >= 4 is 17.7 Å². The molecule has 7 nitrogen and oxygen atoms in total. The highest BCUT2D eigenvalue weighted by atomic mass is 32.2. The minimum absolute atomic E-state index is 0.0658. The molecular formula is C25H30FN5O2S. The van der Waals surface area contributed by atoms with Gasteiger partial charge >= 0.3 is 0 Å². The maximum absolute atomic E-state index is 13.6. The number of aromatic nitrogens is 3. The number of carbonyl (C=O) groups is 1. The van der Waals surface area contributed by atoms with Crippen molar-refractivity contribution in [1.82, 2.24) is 25.0 Å². The van der Waals surface area contributed by atoms with Gasteiger partial charge in [0.05, 0.1) is 18.9 Å². The van der Waals surface area contributed by atoms with Gasteiger partial charge in [-0.1, -0.05) is 30.3 Å². The van der Waals surface area contributed by atoms with E-state index in [9.17, 15) is 9.18 Å². The molecule has 1 aromatic heterocycles. The van der Waals surface area contributed by atoms with E-state index in [4.69, 9.17) is 4.74 Å². The molecule has 0 radical (unpaired) electrons. The number of amides is 1. The topological polar surface area (TPSA) is 72.3 Å². The van der Waals surface area contributed by atoms with Crippen LogP contribution in [-0.2, 0) is 11.3 Å². The number of hydrogen-bond donors (Lipinski definition) is 1. The van der Waals surface area contributed by atoms with Gasteiger partial charge in [0.15, 0.2) is 11.0 Å². The van der Waals surface area contributed by atoms with E-state index in [-0.39, 0.29) is 23.5 Å². The molecule has 1 saturated heterocycles. The van der Waals surface area contributed by atoms with Crippen LogP contribution in [-0.4, -0.2) is 51.5 Å². The summed E-state index contributed by atoms with van der Waals surface area (Å²) in [5.74, 6) is 1.39. The largest absolute Gasteiger partial charge is 0.497 e. The number of thioether (sulfide) groups is 1. The molecule has 4 rings (SSSR count). The molecule has 180 valence electrons. The number of carbonyl (C=O) groups excluding carboxylic acids is 1. The van der Waals surface area contributed by atoms with Crippen LogP contribution in [0.4, 0.5) is 4.39 Å². The second-order valence-corrected chi connectivity index (χ2v) is 9.28. The summed E-state index contributed by atoms with van der Waals surface area (Å²) >= 11 is 1.33. The second kappa shape index (κ2) is 11.5. The molecule has 1 atom stereocenters. The lowest BCUT2D eigenvalue weighted by Crippen LogP contribution is -2.33. The van der Waals surface area contributed by atoms with E-state index in [0.29, 0.717) is 11.7 Å². The molecule has 1 aliphatic heterocycles. The number of methoxy groups -OCH3 is 1. The van der Waals surface area contributed by atoms with Crippen LogP contribution in [0.1, 0.15) is 43.6 Å². The van der Waals surface area contributed by atoms with Crippen LogP contribution in [0, 0.1) is 5.82 Å². The van der Waals surface area contributed by atoms with Crippen LogP contribution in [0.5, 0.6) is 5.75 Å². The summed E-state index contributed by atoms with van der Waals surface area (Å²) in [6.45, 7) is 4.61. The Hall–Kier alpha value is -2.91. The van der Waals surface area contributed by atoms with Crippen molar-refractivity contribution in [2.45, 2.75) is 43.9 Å². The highest BCUT2D eigenvalue weighted by Crippen LogP contribution is 2.29. The van der Waals surface area contributed by atoms with Crippen LogP contribution in [0.2, 0.25) is 0 Å². The van der Waals surface area contributed by atoms with Crippen molar-refractivity contribution in [3.63, 3.8) is 0 Å². The first kappa shape index (κ1) is 24.2. The number of likely N-dealkylation sites (tertiary alicyclic amines) is 1. The molecule has 9 heteroatoms. The quantitative estimate of drug-likeness (QED) is 0.456. The summed E-state index contributed by atoms with van der Waals surface area (Å²) in [4.78, 5) is 14.9. The van der Waals surface area contributed by atoms with Crippen molar-refractivity contribution in [2.75, 3.05) is 26.0 Å². The van der Waals surface area contributed by atoms with E-state index < -0.39 is 0 Å². The van der Waals surface area contributed by atoms with Gasteiger partial charge in [0.25, 0.3) is 0 Å². The fourth-order valence-corrected chi connectivity index (χ4v) is 4.86. The molecule has 2 aromatic carbocycles. The molecule has 1 fully saturated rings. The highest BCUT2D eigenvalue weighted by molar-refractivity contribution is 7.99. The maximum atomic E-state index is 13.6. The van der Waals surface area contributed by atoms with E-state index >= 15 is 0 Å². The Bertz CT molecular complexity index is 1080. The van der Waals surface area contributed by atoms with E-state index in [0.717, 1.165) is 35.9 Å². The zero-order valence-corrected chi connectivity index (χ0v) is 20.4. The van der Waals surface area contributed by atoms with E-state index in [2.05, 4.69) is 27.3 Å². The Morgan fingerprint density at radius 3 is 2.47 bits per heavy atom. The first-order valence-corrected chi connectivity index (χ1v) is 12.5. The van der Waals surface area contributed by atoms with Gasteiger partial charge < -0.3 is 10.1 Å². The summed E-state index contributed by atoms with van der Waals surface area (Å²) < 4.78 is 20.7. The lowest BCUT2D eigenvalue weighted by molar-refractivity contribution is -0.118. The normalized spacial score (nSPS) is 15.1. The Kier molecular flexibility index (Phi) is 8.18. The van der Waals surface area contributed by atoms with Crippen LogP contribution in [0.25, 0.3) is 5.69 Å². The lowest BCUT2D eigenvalue weighted by Gasteiger charge is -2.31. The van der Waals surface area contributed by atoms with E-state index in [1.54, 1.807) is 19.2 Å². The minimum Gasteiger partial charge on any atom is -0.497 e. The molecule has 0 bridgehead atoms. The summed E-state index contributed by atoms with van der Waals surface area (Å²) in [5, 5.41) is 12.4. The van der Waals surface area contributed by atoms with E-state index in [1.807, 2.05) is 28.8 Å². The fourth-order valence-electron chi connectivity index (χ4n) is 4.07. The number of benzene rings is 2. The average Bonchev–Trinajstić information content (AvgIpc) is 3.31. The number of halogens is 1. The van der Waals surface area contributed by atoms with Crippen molar-refractivity contribution < 1.29 is 13.9 Å². The van der Waals surface area contributed by atoms with Gasteiger partial charge in [-0.3, -0.25) is 14.3 Å². The number of rotatable bonds is 9. The van der Waals surface area contributed by atoms with Gasteiger partial charge in [0, 0.05) is 12.2 Å². The third kappa shape index (κ3) is 5.95. The number of nitrogens with one attached hydrogen (secondary N) is 1. The molecule has 0 aliphatic carbocycles. The molecule has 0 saturated carbocycles. The molecule has 0 spiro atoms. The molecular weight excluding hydrogens is 453 g/mol. The van der Waals surface area contributed by atoms with E-state index in [1.165, 1.54) is 43.2 Å². The third-order valence-corrected chi connectivity index (χ3v) is 6.97. The number of ether oxygens (including phenoxy) is 1. The molecule has 2 heterocycles. The molecule has 1 N–H and O–H groups in total. The number of hydrogen-bond acceptors (Lipinski definition) is 6. The Morgan fingerprint density at radius 2 is 1.79 bits per heavy atom. The SMILES string of the molecule is COc1ccc(CNC(=O)CSc2nnc(C(C)N3CCCCC3)n2-c2ccc(F)cc2)cc1. The molecule has 1 aliphatic rings.